The molecule has 3 aromatic carbocycles. The van der Waals surface area contributed by atoms with Gasteiger partial charge in [0.15, 0.2) is 0 Å². The van der Waals surface area contributed by atoms with E-state index in [0.29, 0.717) is 10.5 Å². The minimum atomic E-state index is -0.693. The van der Waals surface area contributed by atoms with E-state index in [1.54, 1.807) is 31.3 Å². The smallest absolute Gasteiger partial charge is 0.123 e. The van der Waals surface area contributed by atoms with Gasteiger partial charge in [-0.2, -0.15) is 10.2 Å². The summed E-state index contributed by atoms with van der Waals surface area (Å²) in [6.07, 6.45) is 1.63. The molecule has 0 aliphatic carbocycles. The molecule has 8 nitrogen and oxygen atoms in total. The number of fused-ring (bicyclic) bond motifs is 1. The second-order valence-electron chi connectivity index (χ2n) is 6.58. The summed E-state index contributed by atoms with van der Waals surface area (Å²) in [5.74, 6) is -1.14. The van der Waals surface area contributed by atoms with Gasteiger partial charge in [0, 0.05) is 41.2 Å². The summed E-state index contributed by atoms with van der Waals surface area (Å²) in [6, 6.07) is 19.1. The van der Waals surface area contributed by atoms with Crippen molar-refractivity contribution in [2.24, 2.45) is 10.2 Å². The molecule has 0 unspecified atom stereocenters. The van der Waals surface area contributed by atoms with Gasteiger partial charge in [0.05, 0.1) is 11.2 Å². The minimum Gasteiger partial charge on any atom is -2.00 e. The molecule has 0 aliphatic heterocycles. The molecule has 1 aromatic heterocycles. The van der Waals surface area contributed by atoms with Gasteiger partial charge in [0.25, 0.3) is 0 Å². The van der Waals surface area contributed by atoms with Gasteiger partial charge in [-0.1, -0.05) is 71.6 Å². The summed E-state index contributed by atoms with van der Waals surface area (Å²) in [5, 5.41) is 52.7. The van der Waals surface area contributed by atoms with Crippen LogP contribution in [0.25, 0.3) is 10.9 Å². The van der Waals surface area contributed by atoms with Crippen LogP contribution in [0.2, 0.25) is 5.02 Å². The molecule has 4 aromatic rings. The van der Waals surface area contributed by atoms with Crippen molar-refractivity contribution in [3.63, 3.8) is 0 Å². The van der Waals surface area contributed by atoms with Crippen molar-refractivity contribution in [3.8, 4) is 17.2 Å². The summed E-state index contributed by atoms with van der Waals surface area (Å²) < 4.78 is 0. The molecule has 0 spiro atoms. The van der Waals surface area contributed by atoms with Crippen molar-refractivity contribution in [2.45, 2.75) is 6.92 Å². The van der Waals surface area contributed by atoms with E-state index >= 15 is 0 Å². The summed E-state index contributed by atoms with van der Waals surface area (Å²) in [6.45, 7) is 1.55. The Kier molecular flexibility index (Phi) is 11.1. The van der Waals surface area contributed by atoms with Crippen molar-refractivity contribution < 1.29 is 44.5 Å². The first-order valence-corrected chi connectivity index (χ1v) is 9.80. The third-order valence-corrected chi connectivity index (χ3v) is 4.59. The predicted octanol–water partition coefficient (Wildman–Crippen LogP) is 2.84. The van der Waals surface area contributed by atoms with E-state index in [1.165, 1.54) is 36.4 Å². The van der Waals surface area contributed by atoms with Crippen molar-refractivity contribution in [2.75, 3.05) is 0 Å². The normalized spacial score (nSPS) is 11.0. The number of phenolic OH excluding ortho intramolecular Hbond substituents is 1. The number of hydrogen-bond donors (Lipinski definition) is 1. The molecular weight excluding hydrogens is 497 g/mol. The van der Waals surface area contributed by atoms with Gasteiger partial charge in [-0.05, 0) is 42.1 Å². The summed E-state index contributed by atoms with van der Waals surface area (Å²) >= 11 is 5.82. The fraction of sp³-hybridized carbons (Fsp3) is 0.0417. The SMILES string of the molecule is C/C(=N\N=C(/[O-])c1ccccc1O)c1cc(Cl)ccc1[O-].[O-2].[O-]c1cccc2cccnc12.[V]. The molecule has 10 heteroatoms. The number of rotatable bonds is 3. The number of halogens is 1. The van der Waals surface area contributed by atoms with Crippen molar-refractivity contribution in [1.29, 1.82) is 0 Å². The Morgan fingerprint density at radius 1 is 0.882 bits per heavy atom. The molecule has 34 heavy (non-hydrogen) atoms. The van der Waals surface area contributed by atoms with E-state index < -0.39 is 5.90 Å². The largest absolute Gasteiger partial charge is 2.00 e. The third-order valence-electron chi connectivity index (χ3n) is 4.35. The Morgan fingerprint density at radius 2 is 1.59 bits per heavy atom. The van der Waals surface area contributed by atoms with Crippen LogP contribution in [0.5, 0.6) is 17.2 Å². The standard InChI is InChI=1S/C15H13ClN2O3.C9H7NO.O.V/c1-9(12-8-10(16)6-7-14(12)20)17-18-15(21)11-4-2-3-5-13(11)19;11-8-5-1-3-7-4-2-6-10-9(7)8;;/h2-8,19-20H,1H3,(H,18,21);1-6,11H;;/q;;-2;/p-3/b17-9+;;;. The average Bonchev–Trinajstić information content (AvgIpc) is 2.80. The maximum Gasteiger partial charge on any atom is 0.123 e. The number of nitrogens with zero attached hydrogens (tertiary/aromatic N) is 3. The van der Waals surface area contributed by atoms with E-state index in [4.69, 9.17) is 11.6 Å². The number of benzene rings is 3. The van der Waals surface area contributed by atoms with E-state index in [-0.39, 0.29) is 58.1 Å². The Balaban J connectivity index is 0.000000376. The van der Waals surface area contributed by atoms with E-state index in [9.17, 15) is 20.4 Å². The first-order valence-electron chi connectivity index (χ1n) is 9.42. The fourth-order valence-electron chi connectivity index (χ4n) is 2.74. The number of aromatic hydroxyl groups is 1. The summed E-state index contributed by atoms with van der Waals surface area (Å²) in [5.41, 5.74) is 1.14. The number of aromatic nitrogens is 1. The fourth-order valence-corrected chi connectivity index (χ4v) is 2.92. The van der Waals surface area contributed by atoms with Crippen LogP contribution in [-0.4, -0.2) is 21.7 Å². The van der Waals surface area contributed by atoms with Crippen molar-refractivity contribution in [1.82, 2.24) is 4.98 Å². The Morgan fingerprint density at radius 3 is 2.29 bits per heavy atom. The quantitative estimate of drug-likeness (QED) is 0.253. The van der Waals surface area contributed by atoms with Crippen LogP contribution in [0.3, 0.4) is 0 Å². The Bertz CT molecular complexity index is 1310. The van der Waals surface area contributed by atoms with Crippen LogP contribution < -0.4 is 15.3 Å². The molecule has 0 saturated carbocycles. The molecule has 0 atom stereocenters. The van der Waals surface area contributed by atoms with Crippen LogP contribution in [0, 0.1) is 0 Å². The van der Waals surface area contributed by atoms with Crippen LogP contribution in [0.15, 0.2) is 89.2 Å². The Hall–Kier alpha value is -3.56. The second kappa shape index (κ2) is 13.2. The number of para-hydroxylation sites is 2. The molecule has 4 rings (SSSR count). The molecule has 175 valence electrons. The molecule has 1 heterocycles. The molecule has 1 radical (unpaired) electrons. The van der Waals surface area contributed by atoms with Gasteiger partial charge in [-0.3, -0.25) is 4.98 Å². The van der Waals surface area contributed by atoms with Crippen LogP contribution in [0.1, 0.15) is 18.1 Å². The molecule has 0 aliphatic rings. The number of pyridine rings is 1. The van der Waals surface area contributed by atoms with Gasteiger partial charge in [0.2, 0.25) is 0 Å². The molecule has 0 saturated heterocycles. The molecule has 0 amide bonds. The third kappa shape index (κ3) is 7.23. The molecule has 0 bridgehead atoms. The zero-order valence-electron chi connectivity index (χ0n) is 17.8. The van der Waals surface area contributed by atoms with Gasteiger partial charge in [0.1, 0.15) is 5.75 Å². The van der Waals surface area contributed by atoms with E-state index in [2.05, 4.69) is 15.2 Å². The number of hydrogen-bond acceptors (Lipinski definition) is 7. The number of phenols is 1. The first-order chi connectivity index (χ1) is 15.4. The Labute approximate surface area is 212 Å². The molecule has 0 fully saturated rings. The van der Waals surface area contributed by atoms with Gasteiger partial charge in [-0.15, -0.1) is 0 Å². The van der Waals surface area contributed by atoms with Crippen LogP contribution in [0.4, 0.5) is 0 Å². The maximum absolute atomic E-state index is 11.8. The topological polar surface area (TPSA) is 156 Å². The van der Waals surface area contributed by atoms with Crippen molar-refractivity contribution >= 4 is 34.1 Å². The van der Waals surface area contributed by atoms with Crippen molar-refractivity contribution in [3.05, 3.63) is 95.1 Å². The van der Waals surface area contributed by atoms with Gasteiger partial charge >= 0.3 is 0 Å². The average molecular weight is 514 g/mol. The maximum atomic E-state index is 11.8. The summed E-state index contributed by atoms with van der Waals surface area (Å²) in [4.78, 5) is 3.97. The molecular formula is C24H17ClN3O5V-5. The summed E-state index contributed by atoms with van der Waals surface area (Å²) in [7, 11) is 0. The zero-order chi connectivity index (χ0) is 23.1. The van der Waals surface area contributed by atoms with E-state index in [1.807, 2.05) is 18.2 Å². The first kappa shape index (κ1) is 28.5. The second-order valence-corrected chi connectivity index (χ2v) is 7.02. The van der Waals surface area contributed by atoms with E-state index in [0.717, 1.165) is 5.39 Å². The molecule has 1 N–H and O–H groups in total. The van der Waals surface area contributed by atoms with Gasteiger partial charge < -0.3 is 25.9 Å². The monoisotopic (exact) mass is 513 g/mol. The zero-order valence-corrected chi connectivity index (χ0v) is 19.9. The predicted molar refractivity (Wildman–Crippen MR) is 120 cm³/mol. The van der Waals surface area contributed by atoms with Gasteiger partial charge in [-0.25, -0.2) is 0 Å². The van der Waals surface area contributed by atoms with Crippen LogP contribution in [-0.2, 0) is 24.0 Å². The minimum absolute atomic E-state index is 0. The van der Waals surface area contributed by atoms with Crippen LogP contribution >= 0.6 is 11.6 Å².